The molecule has 0 saturated heterocycles. The highest BCUT2D eigenvalue weighted by molar-refractivity contribution is 7.99. The fraction of sp³-hybridized carbons (Fsp3) is 0.214. The zero-order valence-electron chi connectivity index (χ0n) is 20.6. The second-order valence-corrected chi connectivity index (χ2v) is 9.40. The predicted octanol–water partition coefficient (Wildman–Crippen LogP) is 4.14. The van der Waals surface area contributed by atoms with Gasteiger partial charge < -0.3 is 19.5 Å². The van der Waals surface area contributed by atoms with E-state index < -0.39 is 12.1 Å². The molecule has 1 aliphatic heterocycles. The number of benzene rings is 3. The number of thioether (sulfide) groups is 1. The Morgan fingerprint density at radius 3 is 2.58 bits per heavy atom. The highest BCUT2D eigenvalue weighted by Gasteiger charge is 2.24. The summed E-state index contributed by atoms with van der Waals surface area (Å²) in [4.78, 5) is 42.6. The van der Waals surface area contributed by atoms with Crippen molar-refractivity contribution in [2.45, 2.75) is 24.7 Å². The fourth-order valence-electron chi connectivity index (χ4n) is 4.01. The van der Waals surface area contributed by atoms with Crippen LogP contribution in [0.4, 0.5) is 5.69 Å². The van der Waals surface area contributed by atoms with Crippen LogP contribution < -0.4 is 20.3 Å². The Bertz CT molecular complexity index is 1540. The lowest BCUT2D eigenvalue weighted by molar-refractivity contribution is -0.113. The summed E-state index contributed by atoms with van der Waals surface area (Å²) in [5.74, 6) is 0.605. The van der Waals surface area contributed by atoms with Gasteiger partial charge in [-0.25, -0.2) is 9.78 Å². The van der Waals surface area contributed by atoms with E-state index in [0.717, 1.165) is 11.8 Å². The molecule has 194 valence electrons. The summed E-state index contributed by atoms with van der Waals surface area (Å²) in [5.41, 5.74) is 1.28. The first-order chi connectivity index (χ1) is 18.5. The van der Waals surface area contributed by atoms with E-state index >= 15 is 0 Å². The SMILES string of the molecule is CCOC(=O)c1ccc(NC(=O)CSc2nc3ccccc3c(=O)n2CC2COc3ccccc3O2)cc1. The second kappa shape index (κ2) is 11.4. The first-order valence-corrected chi connectivity index (χ1v) is 13.1. The van der Waals surface area contributed by atoms with E-state index in [0.29, 0.717) is 38.8 Å². The number of anilines is 1. The fourth-order valence-corrected chi connectivity index (χ4v) is 4.82. The minimum absolute atomic E-state index is 0.0231. The molecule has 38 heavy (non-hydrogen) atoms. The summed E-state index contributed by atoms with van der Waals surface area (Å²) in [7, 11) is 0. The molecule has 0 aliphatic carbocycles. The van der Waals surface area contributed by atoms with Gasteiger partial charge in [0, 0.05) is 5.69 Å². The van der Waals surface area contributed by atoms with Crippen LogP contribution in [0.1, 0.15) is 17.3 Å². The Morgan fingerprint density at radius 1 is 1.05 bits per heavy atom. The van der Waals surface area contributed by atoms with Crippen molar-refractivity contribution in [3.05, 3.63) is 88.7 Å². The van der Waals surface area contributed by atoms with Gasteiger partial charge in [-0.1, -0.05) is 36.0 Å². The molecule has 3 aromatic carbocycles. The number of carbonyl (C=O) groups excluding carboxylic acids is 2. The number of para-hydroxylation sites is 3. The number of hydrogen-bond acceptors (Lipinski definition) is 8. The van der Waals surface area contributed by atoms with E-state index in [1.807, 2.05) is 30.3 Å². The molecule has 9 nitrogen and oxygen atoms in total. The van der Waals surface area contributed by atoms with Crippen molar-refractivity contribution in [1.29, 1.82) is 0 Å². The smallest absolute Gasteiger partial charge is 0.338 e. The zero-order chi connectivity index (χ0) is 26.5. The van der Waals surface area contributed by atoms with Crippen LogP contribution in [0.3, 0.4) is 0 Å². The van der Waals surface area contributed by atoms with E-state index in [1.165, 1.54) is 4.57 Å². The second-order valence-electron chi connectivity index (χ2n) is 8.46. The molecule has 1 aliphatic rings. The first kappa shape index (κ1) is 25.3. The number of carbonyl (C=O) groups is 2. The number of nitrogens with one attached hydrogen (secondary N) is 1. The van der Waals surface area contributed by atoms with Crippen LogP contribution in [-0.2, 0) is 16.1 Å². The van der Waals surface area contributed by atoms with E-state index in [1.54, 1.807) is 49.4 Å². The van der Waals surface area contributed by atoms with Crippen molar-refractivity contribution in [1.82, 2.24) is 9.55 Å². The van der Waals surface area contributed by atoms with Crippen molar-refractivity contribution >= 4 is 40.2 Å². The van der Waals surface area contributed by atoms with Crippen molar-refractivity contribution in [3.63, 3.8) is 0 Å². The number of amides is 1. The van der Waals surface area contributed by atoms with Crippen LogP contribution >= 0.6 is 11.8 Å². The molecule has 5 rings (SSSR count). The largest absolute Gasteiger partial charge is 0.486 e. The lowest BCUT2D eigenvalue weighted by Crippen LogP contribution is -2.37. The molecule has 4 aromatic rings. The average Bonchev–Trinajstić information content (AvgIpc) is 2.94. The van der Waals surface area contributed by atoms with Crippen molar-refractivity contribution in [3.8, 4) is 11.5 Å². The van der Waals surface area contributed by atoms with Gasteiger partial charge in [0.2, 0.25) is 5.91 Å². The van der Waals surface area contributed by atoms with Crippen LogP contribution in [0, 0.1) is 0 Å². The summed E-state index contributed by atoms with van der Waals surface area (Å²) in [5, 5.41) is 3.69. The molecule has 1 amide bonds. The lowest BCUT2D eigenvalue weighted by Gasteiger charge is -2.27. The van der Waals surface area contributed by atoms with Gasteiger partial charge in [-0.15, -0.1) is 0 Å². The molecule has 0 fully saturated rings. The van der Waals surface area contributed by atoms with Crippen molar-refractivity contribution in [2.24, 2.45) is 0 Å². The van der Waals surface area contributed by atoms with E-state index in [9.17, 15) is 14.4 Å². The molecular weight excluding hydrogens is 506 g/mol. The summed E-state index contributed by atoms with van der Waals surface area (Å²) in [6.07, 6.45) is -0.406. The zero-order valence-corrected chi connectivity index (χ0v) is 21.4. The van der Waals surface area contributed by atoms with Crippen LogP contribution in [-0.4, -0.2) is 46.5 Å². The van der Waals surface area contributed by atoms with Crippen LogP contribution in [0.2, 0.25) is 0 Å². The molecule has 1 atom stereocenters. The number of aromatic nitrogens is 2. The summed E-state index contributed by atoms with van der Waals surface area (Å²) < 4.78 is 18.4. The molecule has 1 aromatic heterocycles. The maximum Gasteiger partial charge on any atom is 0.338 e. The highest BCUT2D eigenvalue weighted by Crippen LogP contribution is 2.31. The van der Waals surface area contributed by atoms with Crippen LogP contribution in [0.5, 0.6) is 11.5 Å². The highest BCUT2D eigenvalue weighted by atomic mass is 32.2. The molecule has 0 bridgehead atoms. The Balaban J connectivity index is 1.32. The number of rotatable bonds is 8. The van der Waals surface area contributed by atoms with Crippen molar-refractivity contribution in [2.75, 3.05) is 24.3 Å². The minimum Gasteiger partial charge on any atom is -0.486 e. The van der Waals surface area contributed by atoms with E-state index in [4.69, 9.17) is 14.2 Å². The molecule has 0 radical (unpaired) electrons. The molecule has 2 heterocycles. The molecule has 10 heteroatoms. The van der Waals surface area contributed by atoms with Gasteiger partial charge in [0.1, 0.15) is 6.61 Å². The minimum atomic E-state index is -0.419. The molecular formula is C28H25N3O6S. The predicted molar refractivity (Wildman–Crippen MR) is 144 cm³/mol. The third-order valence-corrected chi connectivity index (χ3v) is 6.77. The maximum atomic E-state index is 13.4. The Morgan fingerprint density at radius 2 is 1.79 bits per heavy atom. The first-order valence-electron chi connectivity index (χ1n) is 12.1. The van der Waals surface area contributed by atoms with Gasteiger partial charge in [-0.2, -0.15) is 0 Å². The number of nitrogens with zero attached hydrogens (tertiary/aromatic N) is 2. The van der Waals surface area contributed by atoms with Crippen LogP contribution in [0.25, 0.3) is 10.9 Å². The number of ether oxygens (including phenoxy) is 3. The van der Waals surface area contributed by atoms with E-state index in [-0.39, 0.29) is 37.0 Å². The molecule has 1 unspecified atom stereocenters. The van der Waals surface area contributed by atoms with Gasteiger partial charge in [-0.3, -0.25) is 14.2 Å². The quantitative estimate of drug-likeness (QED) is 0.205. The Kier molecular flexibility index (Phi) is 7.60. The number of fused-ring (bicyclic) bond motifs is 2. The van der Waals surface area contributed by atoms with E-state index in [2.05, 4.69) is 10.3 Å². The standard InChI is InChI=1S/C28H25N3O6S/c1-2-35-27(34)18-11-13-19(14-12-18)29-25(32)17-38-28-30-22-8-4-3-7-21(22)26(33)31(28)15-20-16-36-23-9-5-6-10-24(23)37-20/h3-14,20H,2,15-17H2,1H3,(H,29,32). The normalized spacial score (nSPS) is 14.2. The molecule has 1 N–H and O–H groups in total. The number of hydrogen-bond donors (Lipinski definition) is 1. The van der Waals surface area contributed by atoms with Gasteiger partial charge in [0.25, 0.3) is 5.56 Å². The van der Waals surface area contributed by atoms with Crippen molar-refractivity contribution < 1.29 is 23.8 Å². The third kappa shape index (κ3) is 5.65. The Hall–Kier alpha value is -4.31. The van der Waals surface area contributed by atoms with Gasteiger partial charge in [-0.05, 0) is 55.5 Å². The van der Waals surface area contributed by atoms with Crippen LogP contribution in [0.15, 0.2) is 82.7 Å². The third-order valence-electron chi connectivity index (χ3n) is 5.79. The van der Waals surface area contributed by atoms with Gasteiger partial charge >= 0.3 is 5.97 Å². The lowest BCUT2D eigenvalue weighted by atomic mass is 10.2. The molecule has 0 saturated carbocycles. The monoisotopic (exact) mass is 531 g/mol. The Labute approximate surface area is 222 Å². The van der Waals surface area contributed by atoms with Gasteiger partial charge in [0.15, 0.2) is 22.8 Å². The average molecular weight is 532 g/mol. The number of esters is 1. The molecule has 0 spiro atoms. The summed E-state index contributed by atoms with van der Waals surface area (Å²) in [6, 6.07) is 20.9. The topological polar surface area (TPSA) is 109 Å². The summed E-state index contributed by atoms with van der Waals surface area (Å²) in [6.45, 7) is 2.52. The summed E-state index contributed by atoms with van der Waals surface area (Å²) >= 11 is 1.16. The maximum absolute atomic E-state index is 13.4. The van der Waals surface area contributed by atoms with Gasteiger partial charge in [0.05, 0.1) is 35.4 Å².